The summed E-state index contributed by atoms with van der Waals surface area (Å²) in [5.74, 6) is 0.555. The van der Waals surface area contributed by atoms with Gasteiger partial charge in [0.2, 0.25) is 5.88 Å². The molecular weight excluding hydrogens is 443 g/mol. The maximum absolute atomic E-state index is 13.3. The van der Waals surface area contributed by atoms with Crippen molar-refractivity contribution < 1.29 is 13.9 Å². The molecule has 6 nitrogen and oxygen atoms in total. The number of pyridine rings is 1. The maximum Gasteiger partial charge on any atom is 0.213 e. The quantitative estimate of drug-likeness (QED) is 0.628. The summed E-state index contributed by atoms with van der Waals surface area (Å²) in [7, 11) is 0. The highest BCUT2D eigenvalue weighted by atomic mass is 19.1. The van der Waals surface area contributed by atoms with Gasteiger partial charge in [-0.3, -0.25) is 0 Å². The van der Waals surface area contributed by atoms with Crippen molar-refractivity contribution in [2.45, 2.75) is 62.7 Å². The number of aromatic nitrogens is 1. The lowest BCUT2D eigenvalue weighted by Gasteiger charge is -2.48. The number of hydrogen-bond acceptors (Lipinski definition) is 6. The molecule has 7 heteroatoms. The summed E-state index contributed by atoms with van der Waals surface area (Å²) in [6.07, 6.45) is 10.6. The van der Waals surface area contributed by atoms with E-state index >= 15 is 0 Å². The fraction of sp³-hybridized carbons (Fsp3) is 0.607. The highest BCUT2D eigenvalue weighted by molar-refractivity contribution is 5.48. The van der Waals surface area contributed by atoms with Gasteiger partial charge in [-0.2, -0.15) is 0 Å². The minimum Gasteiger partial charge on any atom is -0.474 e. The third-order valence-electron chi connectivity index (χ3n) is 8.56. The van der Waals surface area contributed by atoms with Gasteiger partial charge in [0, 0.05) is 57.1 Å². The van der Waals surface area contributed by atoms with Crippen molar-refractivity contribution in [1.82, 2.24) is 9.88 Å². The highest BCUT2D eigenvalue weighted by Crippen LogP contribution is 2.34. The van der Waals surface area contributed by atoms with Crippen LogP contribution >= 0.6 is 0 Å². The van der Waals surface area contributed by atoms with Gasteiger partial charge in [-0.15, -0.1) is 0 Å². The lowest BCUT2D eigenvalue weighted by atomic mass is 9.89. The Labute approximate surface area is 208 Å². The van der Waals surface area contributed by atoms with Crippen LogP contribution in [0, 0.1) is 5.82 Å². The van der Waals surface area contributed by atoms with E-state index in [2.05, 4.69) is 25.8 Å². The van der Waals surface area contributed by atoms with Crippen LogP contribution in [0.3, 0.4) is 0 Å². The molecule has 3 saturated heterocycles. The van der Waals surface area contributed by atoms with E-state index in [9.17, 15) is 4.39 Å². The third-order valence-corrected chi connectivity index (χ3v) is 8.56. The second-order valence-corrected chi connectivity index (χ2v) is 10.7. The Balaban J connectivity index is 1.000. The molecular formula is C28H37FN4O2. The SMILES string of the molecule is Fc1ccc(N2CCOC3(CCN(c4ccc(OC5CCN(C6CCC6)CC5)nc4)CC3)C2)cc1. The molecule has 0 bridgehead atoms. The molecule has 4 fully saturated rings. The topological polar surface area (TPSA) is 41.1 Å². The molecule has 0 amide bonds. The molecule has 0 radical (unpaired) electrons. The summed E-state index contributed by atoms with van der Waals surface area (Å²) in [5.41, 5.74) is 2.09. The summed E-state index contributed by atoms with van der Waals surface area (Å²) in [6.45, 7) is 6.62. The summed E-state index contributed by atoms with van der Waals surface area (Å²) >= 11 is 0. The number of anilines is 2. The fourth-order valence-electron chi connectivity index (χ4n) is 6.10. The second kappa shape index (κ2) is 9.94. The van der Waals surface area contributed by atoms with Crippen molar-refractivity contribution in [1.29, 1.82) is 0 Å². The number of morpholine rings is 1. The number of nitrogens with zero attached hydrogens (tertiary/aromatic N) is 4. The molecule has 1 aromatic heterocycles. The van der Waals surface area contributed by atoms with Crippen LogP contribution in [0.2, 0.25) is 0 Å². The first-order chi connectivity index (χ1) is 17.2. The zero-order valence-corrected chi connectivity index (χ0v) is 20.6. The zero-order valence-electron chi connectivity index (χ0n) is 20.6. The molecule has 4 aliphatic rings. The molecule has 0 unspecified atom stereocenters. The predicted molar refractivity (Wildman–Crippen MR) is 136 cm³/mol. The Hall–Kier alpha value is -2.38. The molecule has 1 spiro atoms. The van der Waals surface area contributed by atoms with Crippen LogP contribution in [0.1, 0.15) is 44.9 Å². The van der Waals surface area contributed by atoms with Gasteiger partial charge in [-0.05, 0) is 68.9 Å². The number of ether oxygens (including phenoxy) is 2. The Morgan fingerprint density at radius 3 is 2.26 bits per heavy atom. The lowest BCUT2D eigenvalue weighted by Crippen LogP contribution is -2.57. The predicted octanol–water partition coefficient (Wildman–Crippen LogP) is 4.49. The van der Waals surface area contributed by atoms with Gasteiger partial charge < -0.3 is 24.2 Å². The molecule has 6 rings (SSSR count). The summed E-state index contributed by atoms with van der Waals surface area (Å²) in [6, 6.07) is 11.8. The van der Waals surface area contributed by atoms with Crippen molar-refractivity contribution in [3.63, 3.8) is 0 Å². The van der Waals surface area contributed by atoms with Crippen LogP contribution in [0.15, 0.2) is 42.6 Å². The summed E-state index contributed by atoms with van der Waals surface area (Å²) in [4.78, 5) is 12.0. The van der Waals surface area contributed by atoms with Gasteiger partial charge in [-0.1, -0.05) is 6.42 Å². The van der Waals surface area contributed by atoms with E-state index in [4.69, 9.17) is 9.47 Å². The van der Waals surface area contributed by atoms with Crippen LogP contribution < -0.4 is 14.5 Å². The molecule has 1 saturated carbocycles. The first-order valence-corrected chi connectivity index (χ1v) is 13.4. The van der Waals surface area contributed by atoms with Gasteiger partial charge in [-0.25, -0.2) is 9.37 Å². The van der Waals surface area contributed by atoms with Crippen molar-refractivity contribution in [2.75, 3.05) is 55.7 Å². The Morgan fingerprint density at radius 2 is 1.60 bits per heavy atom. The fourth-order valence-corrected chi connectivity index (χ4v) is 6.10. The molecule has 2 aromatic rings. The van der Waals surface area contributed by atoms with Crippen LogP contribution in [-0.2, 0) is 4.74 Å². The smallest absolute Gasteiger partial charge is 0.213 e. The van der Waals surface area contributed by atoms with Crippen molar-refractivity contribution in [3.05, 3.63) is 48.4 Å². The standard InChI is InChI=1S/C28H37FN4O2/c29-22-4-6-24(7-5-22)33-18-19-34-28(21-33)12-16-32(17-13-28)25-8-9-27(30-20-25)35-26-10-14-31(15-11-26)23-2-1-3-23/h4-9,20,23,26H,1-3,10-19,21H2. The van der Waals surface area contributed by atoms with Gasteiger partial charge >= 0.3 is 0 Å². The van der Waals surface area contributed by atoms with Crippen LogP contribution in [0.5, 0.6) is 5.88 Å². The minimum absolute atomic E-state index is 0.131. The van der Waals surface area contributed by atoms with Crippen molar-refractivity contribution in [3.8, 4) is 5.88 Å². The summed E-state index contributed by atoms with van der Waals surface area (Å²) in [5, 5.41) is 0. The number of benzene rings is 1. The Bertz CT molecular complexity index is 965. The van der Waals surface area contributed by atoms with Crippen LogP contribution in [-0.4, -0.2) is 73.5 Å². The van der Waals surface area contributed by atoms with Gasteiger partial charge in [0.15, 0.2) is 0 Å². The third kappa shape index (κ3) is 5.12. The van der Waals surface area contributed by atoms with E-state index in [1.807, 2.05) is 24.4 Å². The van der Waals surface area contributed by atoms with Gasteiger partial charge in [0.1, 0.15) is 11.9 Å². The van der Waals surface area contributed by atoms with Gasteiger partial charge in [0.05, 0.1) is 24.1 Å². The van der Waals surface area contributed by atoms with Crippen LogP contribution in [0.4, 0.5) is 15.8 Å². The minimum atomic E-state index is -0.190. The number of rotatable bonds is 5. The molecule has 3 aliphatic heterocycles. The molecule has 0 N–H and O–H groups in total. The molecule has 35 heavy (non-hydrogen) atoms. The van der Waals surface area contributed by atoms with E-state index in [-0.39, 0.29) is 17.5 Å². The van der Waals surface area contributed by atoms with Crippen LogP contribution in [0.25, 0.3) is 0 Å². The van der Waals surface area contributed by atoms with E-state index in [1.165, 1.54) is 19.3 Å². The number of halogens is 1. The Kier molecular flexibility index (Phi) is 6.54. The van der Waals surface area contributed by atoms with Crippen molar-refractivity contribution >= 4 is 11.4 Å². The van der Waals surface area contributed by atoms with Gasteiger partial charge in [0.25, 0.3) is 0 Å². The van der Waals surface area contributed by atoms with E-state index in [0.717, 1.165) is 88.2 Å². The second-order valence-electron chi connectivity index (χ2n) is 10.7. The molecule has 0 atom stereocenters. The average Bonchev–Trinajstić information content (AvgIpc) is 2.86. The molecule has 1 aliphatic carbocycles. The van der Waals surface area contributed by atoms with E-state index in [0.29, 0.717) is 6.61 Å². The molecule has 4 heterocycles. The summed E-state index contributed by atoms with van der Waals surface area (Å²) < 4.78 is 25.9. The zero-order chi connectivity index (χ0) is 23.7. The largest absolute Gasteiger partial charge is 0.474 e. The molecule has 1 aromatic carbocycles. The first kappa shape index (κ1) is 23.0. The lowest BCUT2D eigenvalue weighted by molar-refractivity contribution is -0.0704. The number of piperidine rings is 2. The Morgan fingerprint density at radius 1 is 0.857 bits per heavy atom. The van der Waals surface area contributed by atoms with E-state index < -0.39 is 0 Å². The molecule has 188 valence electrons. The monoisotopic (exact) mass is 480 g/mol. The maximum atomic E-state index is 13.3. The van der Waals surface area contributed by atoms with E-state index in [1.54, 1.807) is 12.1 Å². The number of hydrogen-bond donors (Lipinski definition) is 0. The first-order valence-electron chi connectivity index (χ1n) is 13.4. The number of likely N-dealkylation sites (tertiary alicyclic amines) is 1. The van der Waals surface area contributed by atoms with Crippen molar-refractivity contribution in [2.24, 2.45) is 0 Å². The highest BCUT2D eigenvalue weighted by Gasteiger charge is 2.40. The average molecular weight is 481 g/mol. The normalized spacial score (nSPS) is 23.9.